The molecular weight excluding hydrogens is 243 g/mol. The number of phosphoric acid groups is 1. The molecule has 0 saturated heterocycles. The van der Waals surface area contributed by atoms with Gasteiger partial charge in [0.2, 0.25) is 0 Å². The van der Waals surface area contributed by atoms with Crippen molar-refractivity contribution >= 4 is 13.8 Å². The molecule has 5 N–H and O–H groups in total. The van der Waals surface area contributed by atoms with Crippen LogP contribution in [0.2, 0.25) is 0 Å². The molecule has 0 aliphatic heterocycles. The van der Waals surface area contributed by atoms with Crippen LogP contribution in [0.15, 0.2) is 11.6 Å². The minimum atomic E-state index is -4.79. The van der Waals surface area contributed by atoms with E-state index in [1.54, 1.807) is 0 Å². The van der Waals surface area contributed by atoms with Gasteiger partial charge in [0.05, 0.1) is 0 Å². The SMILES string of the molecule is O=C(O)/C=C1\C[C@@H](OP(=O)(O)O)[C@@H](O)[C@@H]1O. The maximum atomic E-state index is 10.5. The lowest BCUT2D eigenvalue weighted by molar-refractivity contribution is -0.131. The number of hydrogen-bond acceptors (Lipinski definition) is 5. The van der Waals surface area contributed by atoms with Crippen LogP contribution in [-0.4, -0.2) is 49.4 Å². The molecule has 1 aliphatic rings. The highest BCUT2D eigenvalue weighted by Gasteiger charge is 2.41. The quantitative estimate of drug-likeness (QED) is 0.305. The van der Waals surface area contributed by atoms with E-state index in [-0.39, 0.29) is 12.0 Å². The van der Waals surface area contributed by atoms with Gasteiger partial charge in [-0.2, -0.15) is 0 Å². The van der Waals surface area contributed by atoms with Gasteiger partial charge in [0.1, 0.15) is 18.3 Å². The standard InChI is InChI=1S/C7H11O8P/c8-5(9)2-3-1-4(7(11)6(3)10)15-16(12,13)14/h2,4,6-7,10-11H,1H2,(H,8,9)(H2,12,13,14)/b3-2+/t4-,6-,7-/m1/s1. The van der Waals surface area contributed by atoms with E-state index >= 15 is 0 Å². The minimum absolute atomic E-state index is 0.0431. The van der Waals surface area contributed by atoms with Crippen molar-refractivity contribution in [2.45, 2.75) is 24.7 Å². The highest BCUT2D eigenvalue weighted by molar-refractivity contribution is 7.46. The summed E-state index contributed by atoms with van der Waals surface area (Å²) in [5.41, 5.74) is -0.0431. The lowest BCUT2D eigenvalue weighted by Crippen LogP contribution is -2.30. The van der Waals surface area contributed by atoms with E-state index in [9.17, 15) is 19.6 Å². The molecule has 0 spiro atoms. The van der Waals surface area contributed by atoms with Crippen molar-refractivity contribution < 1.29 is 39.0 Å². The van der Waals surface area contributed by atoms with Crippen molar-refractivity contribution in [3.05, 3.63) is 11.6 Å². The van der Waals surface area contributed by atoms with Crippen LogP contribution in [0, 0.1) is 0 Å². The fourth-order valence-electron chi connectivity index (χ4n) is 1.48. The zero-order valence-electron chi connectivity index (χ0n) is 7.92. The Labute approximate surface area is 90.0 Å². The Balaban J connectivity index is 2.80. The Morgan fingerprint density at radius 3 is 2.44 bits per heavy atom. The van der Waals surface area contributed by atoms with E-state index in [4.69, 9.17) is 14.9 Å². The molecule has 0 unspecified atom stereocenters. The van der Waals surface area contributed by atoms with Crippen LogP contribution < -0.4 is 0 Å². The summed E-state index contributed by atoms with van der Waals surface area (Å²) >= 11 is 0. The van der Waals surface area contributed by atoms with Crippen molar-refractivity contribution in [1.29, 1.82) is 0 Å². The lowest BCUT2D eigenvalue weighted by Gasteiger charge is -2.16. The van der Waals surface area contributed by atoms with Crippen LogP contribution in [0.5, 0.6) is 0 Å². The predicted octanol–water partition coefficient (Wildman–Crippen LogP) is -1.40. The van der Waals surface area contributed by atoms with Crippen LogP contribution in [0.1, 0.15) is 6.42 Å². The van der Waals surface area contributed by atoms with Crippen LogP contribution in [0.25, 0.3) is 0 Å². The second-order valence-electron chi connectivity index (χ2n) is 3.33. The molecule has 0 bridgehead atoms. The van der Waals surface area contributed by atoms with Crippen LogP contribution in [0.4, 0.5) is 0 Å². The summed E-state index contributed by atoms with van der Waals surface area (Å²) in [5.74, 6) is -1.32. The number of rotatable bonds is 3. The van der Waals surface area contributed by atoms with E-state index in [2.05, 4.69) is 4.52 Å². The smallest absolute Gasteiger partial charge is 0.469 e. The van der Waals surface area contributed by atoms with E-state index in [0.29, 0.717) is 6.08 Å². The lowest BCUT2D eigenvalue weighted by atomic mass is 10.2. The summed E-state index contributed by atoms with van der Waals surface area (Å²) in [6, 6.07) is 0. The normalized spacial score (nSPS) is 33.2. The molecule has 0 heterocycles. The van der Waals surface area contributed by atoms with Gasteiger partial charge < -0.3 is 25.1 Å². The molecule has 1 fully saturated rings. The van der Waals surface area contributed by atoms with Gasteiger partial charge in [0, 0.05) is 12.5 Å². The van der Waals surface area contributed by atoms with Crippen molar-refractivity contribution in [1.82, 2.24) is 0 Å². The fourth-order valence-corrected chi connectivity index (χ4v) is 2.03. The zero-order chi connectivity index (χ0) is 12.5. The van der Waals surface area contributed by atoms with Gasteiger partial charge in [-0.1, -0.05) is 0 Å². The largest absolute Gasteiger partial charge is 0.478 e. The maximum absolute atomic E-state index is 10.5. The third kappa shape index (κ3) is 3.38. The van der Waals surface area contributed by atoms with Gasteiger partial charge in [-0.05, 0) is 5.57 Å². The first-order valence-electron chi connectivity index (χ1n) is 4.24. The molecule has 1 saturated carbocycles. The third-order valence-electron chi connectivity index (χ3n) is 2.10. The Hall–Kier alpha value is -0.760. The zero-order valence-corrected chi connectivity index (χ0v) is 8.82. The maximum Gasteiger partial charge on any atom is 0.469 e. The summed E-state index contributed by atoms with van der Waals surface area (Å²) in [5, 5.41) is 27.1. The topological polar surface area (TPSA) is 145 Å². The highest BCUT2D eigenvalue weighted by Crippen LogP contribution is 2.42. The molecule has 1 rings (SSSR count). The molecule has 1 aliphatic carbocycles. The van der Waals surface area contributed by atoms with E-state index < -0.39 is 32.1 Å². The molecule has 0 aromatic rings. The van der Waals surface area contributed by atoms with Crippen molar-refractivity contribution in [3.63, 3.8) is 0 Å². The van der Waals surface area contributed by atoms with Crippen molar-refractivity contribution in [3.8, 4) is 0 Å². The minimum Gasteiger partial charge on any atom is -0.478 e. The van der Waals surface area contributed by atoms with E-state index in [0.717, 1.165) is 0 Å². The number of carboxylic acid groups (broad SMARTS) is 1. The van der Waals surface area contributed by atoms with E-state index in [1.165, 1.54) is 0 Å². The van der Waals surface area contributed by atoms with Crippen LogP contribution >= 0.6 is 7.82 Å². The average Bonchev–Trinajstić information content (AvgIpc) is 2.30. The molecule has 16 heavy (non-hydrogen) atoms. The van der Waals surface area contributed by atoms with Gasteiger partial charge in [-0.25, -0.2) is 9.36 Å². The van der Waals surface area contributed by atoms with Gasteiger partial charge in [-0.15, -0.1) is 0 Å². The van der Waals surface area contributed by atoms with E-state index in [1.807, 2.05) is 0 Å². The molecule has 0 aromatic heterocycles. The molecular formula is C7H11O8P. The van der Waals surface area contributed by atoms with Crippen LogP contribution in [0.3, 0.4) is 0 Å². The molecule has 8 nitrogen and oxygen atoms in total. The Morgan fingerprint density at radius 1 is 1.44 bits per heavy atom. The van der Waals surface area contributed by atoms with Crippen molar-refractivity contribution in [2.24, 2.45) is 0 Å². The van der Waals surface area contributed by atoms with Gasteiger partial charge in [0.15, 0.2) is 0 Å². The first-order chi connectivity index (χ1) is 7.20. The molecule has 3 atom stereocenters. The molecule has 0 aromatic carbocycles. The second-order valence-corrected chi connectivity index (χ2v) is 4.52. The first kappa shape index (κ1) is 13.3. The number of carbonyl (C=O) groups is 1. The van der Waals surface area contributed by atoms with Gasteiger partial charge >= 0.3 is 13.8 Å². The van der Waals surface area contributed by atoms with Gasteiger partial charge in [0.25, 0.3) is 0 Å². The summed E-state index contributed by atoms with van der Waals surface area (Å²) in [6.45, 7) is 0. The fraction of sp³-hybridized carbons (Fsp3) is 0.571. The number of aliphatic hydroxyl groups excluding tert-OH is 2. The second kappa shape index (κ2) is 4.62. The monoisotopic (exact) mass is 254 g/mol. The first-order valence-corrected chi connectivity index (χ1v) is 5.77. The number of aliphatic carboxylic acids is 1. The Bertz CT molecular complexity index is 357. The molecule has 9 heteroatoms. The molecule has 92 valence electrons. The molecule has 0 amide bonds. The molecule has 0 radical (unpaired) electrons. The number of hydrogen-bond donors (Lipinski definition) is 5. The average molecular weight is 254 g/mol. The number of phosphoric ester groups is 1. The Kier molecular flexibility index (Phi) is 3.84. The summed E-state index contributed by atoms with van der Waals surface area (Å²) in [6.07, 6.45) is -3.94. The van der Waals surface area contributed by atoms with Gasteiger partial charge in [-0.3, -0.25) is 4.52 Å². The highest BCUT2D eigenvalue weighted by atomic mass is 31.2. The van der Waals surface area contributed by atoms with Crippen LogP contribution in [-0.2, 0) is 13.9 Å². The summed E-state index contributed by atoms with van der Waals surface area (Å²) in [7, 11) is -4.79. The van der Waals surface area contributed by atoms with Crippen molar-refractivity contribution in [2.75, 3.05) is 0 Å². The number of aliphatic hydroxyl groups is 2. The summed E-state index contributed by atoms with van der Waals surface area (Å²) in [4.78, 5) is 27.4. The predicted molar refractivity (Wildman–Crippen MR) is 49.3 cm³/mol. The summed E-state index contributed by atoms with van der Waals surface area (Å²) < 4.78 is 14.7. The Morgan fingerprint density at radius 2 is 2.00 bits per heavy atom. The third-order valence-corrected chi connectivity index (χ3v) is 2.65. The number of carboxylic acids is 1.